The van der Waals surface area contributed by atoms with E-state index >= 15 is 0 Å². The lowest BCUT2D eigenvalue weighted by Gasteiger charge is -2.12. The lowest BCUT2D eigenvalue weighted by molar-refractivity contribution is 1.17. The summed E-state index contributed by atoms with van der Waals surface area (Å²) in [5, 5.41) is 6.83. The Morgan fingerprint density at radius 1 is 0.659 bits per heavy atom. The third kappa shape index (κ3) is 3.53. The van der Waals surface area contributed by atoms with Gasteiger partial charge in [0, 0.05) is 16.0 Å². The molecule has 0 amide bonds. The minimum atomic E-state index is -0.103. The molecule has 0 aliphatic heterocycles. The molecule has 3 nitrogen and oxygen atoms in total. The molecule has 0 radical (unpaired) electrons. The zero-order chi connectivity index (χ0) is 27.7. The number of hydrogen-bond donors (Lipinski definition) is 0. The standard InChI is InChI=1S/C38H24N2O/c1-23(27-16-14-25-8-3-5-10-28(25)20-27)32-12-7-13-33-36(32)24(2)37-39-34-19-18-31(22-35(34)40(37)38(33)41)30-17-15-26-9-4-6-11-29(26)21-30/h3-22H,1-2H2. The van der Waals surface area contributed by atoms with Crippen molar-refractivity contribution < 1.29 is 0 Å². The van der Waals surface area contributed by atoms with Gasteiger partial charge in [-0.3, -0.25) is 9.20 Å². The Hall–Kier alpha value is -5.54. The van der Waals surface area contributed by atoms with Crippen molar-refractivity contribution in [1.29, 1.82) is 0 Å². The number of fused-ring (bicyclic) bond motifs is 6. The molecule has 2 heterocycles. The quantitative estimate of drug-likeness (QED) is 0.234. The van der Waals surface area contributed by atoms with Crippen LogP contribution < -0.4 is 10.8 Å². The fourth-order valence-electron chi connectivity index (χ4n) is 6.10. The maximum Gasteiger partial charge on any atom is 0.264 e. The van der Waals surface area contributed by atoms with Crippen LogP contribution in [0.15, 0.2) is 133 Å². The van der Waals surface area contributed by atoms with E-state index in [9.17, 15) is 4.79 Å². The molecule has 41 heavy (non-hydrogen) atoms. The van der Waals surface area contributed by atoms with Crippen LogP contribution in [0.5, 0.6) is 0 Å². The van der Waals surface area contributed by atoms with Crippen molar-refractivity contribution in [2.24, 2.45) is 0 Å². The highest BCUT2D eigenvalue weighted by molar-refractivity contribution is 6.01. The summed E-state index contributed by atoms with van der Waals surface area (Å²) in [6, 6.07) is 41.3. The van der Waals surface area contributed by atoms with Crippen LogP contribution in [-0.4, -0.2) is 9.38 Å². The van der Waals surface area contributed by atoms with Crippen LogP contribution in [0, 0.1) is 0 Å². The molecule has 8 rings (SSSR count). The predicted molar refractivity (Wildman–Crippen MR) is 172 cm³/mol. The van der Waals surface area contributed by atoms with Gasteiger partial charge < -0.3 is 0 Å². The number of rotatable bonds is 3. The average Bonchev–Trinajstić information content (AvgIpc) is 3.42. The van der Waals surface area contributed by atoms with Crippen LogP contribution >= 0.6 is 0 Å². The van der Waals surface area contributed by atoms with Gasteiger partial charge in [-0.15, -0.1) is 0 Å². The number of nitrogens with zero attached hydrogens (tertiary/aromatic N) is 2. The molecule has 0 spiro atoms. The summed E-state index contributed by atoms with van der Waals surface area (Å²) in [5.74, 6) is 0. The van der Waals surface area contributed by atoms with Gasteiger partial charge in [0.05, 0.1) is 11.0 Å². The largest absolute Gasteiger partial charge is 0.268 e. The number of imidazole rings is 1. The third-order valence-electron chi connectivity index (χ3n) is 8.23. The number of hydrogen-bond acceptors (Lipinski definition) is 2. The fraction of sp³-hybridized carbons (Fsp3) is 0. The monoisotopic (exact) mass is 524 g/mol. The molecule has 0 bridgehead atoms. The number of aromatic nitrogens is 2. The maximum absolute atomic E-state index is 14.1. The highest BCUT2D eigenvalue weighted by Crippen LogP contribution is 2.31. The van der Waals surface area contributed by atoms with Gasteiger partial charge in [-0.05, 0) is 79.7 Å². The van der Waals surface area contributed by atoms with Crippen molar-refractivity contribution in [2.75, 3.05) is 0 Å². The van der Waals surface area contributed by atoms with E-state index in [1.54, 1.807) is 4.40 Å². The molecule has 0 N–H and O–H groups in total. The van der Waals surface area contributed by atoms with E-state index in [1.165, 1.54) is 16.2 Å². The summed E-state index contributed by atoms with van der Waals surface area (Å²) in [5.41, 5.74) is 6.90. The Labute approximate surface area is 235 Å². The van der Waals surface area contributed by atoms with Gasteiger partial charge in [0.1, 0.15) is 5.65 Å². The van der Waals surface area contributed by atoms with E-state index in [1.807, 2.05) is 48.5 Å². The van der Waals surface area contributed by atoms with Crippen LogP contribution in [0.2, 0.25) is 0 Å². The van der Waals surface area contributed by atoms with E-state index < -0.39 is 0 Å². The number of pyridine rings is 1. The second kappa shape index (κ2) is 8.73. The second-order valence-electron chi connectivity index (χ2n) is 10.6. The lowest BCUT2D eigenvalue weighted by Crippen LogP contribution is -2.21. The molecular weight excluding hydrogens is 500 g/mol. The summed E-state index contributed by atoms with van der Waals surface area (Å²) < 4.78 is 1.72. The number of benzene rings is 6. The Morgan fingerprint density at radius 2 is 1.32 bits per heavy atom. The van der Waals surface area contributed by atoms with E-state index in [0.717, 1.165) is 54.9 Å². The zero-order valence-corrected chi connectivity index (χ0v) is 22.3. The van der Waals surface area contributed by atoms with Gasteiger partial charge in [0.15, 0.2) is 0 Å². The topological polar surface area (TPSA) is 34.4 Å². The molecule has 0 aliphatic carbocycles. The van der Waals surface area contributed by atoms with Crippen molar-refractivity contribution in [3.63, 3.8) is 0 Å². The van der Waals surface area contributed by atoms with Crippen LogP contribution in [-0.2, 0) is 0 Å². The molecule has 192 valence electrons. The maximum atomic E-state index is 14.1. The normalized spacial score (nSPS) is 11.7. The van der Waals surface area contributed by atoms with Crippen molar-refractivity contribution in [2.45, 2.75) is 0 Å². The molecule has 2 aromatic heterocycles. The van der Waals surface area contributed by atoms with E-state index in [-0.39, 0.29) is 5.56 Å². The van der Waals surface area contributed by atoms with Gasteiger partial charge >= 0.3 is 0 Å². The molecule has 0 aliphatic rings. The molecule has 8 aromatic rings. The van der Waals surface area contributed by atoms with Crippen molar-refractivity contribution in [1.82, 2.24) is 9.38 Å². The average molecular weight is 525 g/mol. The summed E-state index contributed by atoms with van der Waals surface area (Å²) >= 11 is 0. The molecular formula is C38H24N2O. The van der Waals surface area contributed by atoms with Crippen molar-refractivity contribution in [3.8, 4) is 11.1 Å². The minimum Gasteiger partial charge on any atom is -0.268 e. The Morgan fingerprint density at radius 3 is 2.10 bits per heavy atom. The first-order valence-corrected chi connectivity index (χ1v) is 13.6. The van der Waals surface area contributed by atoms with Gasteiger partial charge in [0.2, 0.25) is 0 Å². The third-order valence-corrected chi connectivity index (χ3v) is 8.23. The fourth-order valence-corrected chi connectivity index (χ4v) is 6.10. The molecule has 3 heteroatoms. The first-order chi connectivity index (χ1) is 20.1. The Kier molecular flexibility index (Phi) is 4.98. The van der Waals surface area contributed by atoms with E-state index in [2.05, 4.69) is 86.0 Å². The molecule has 0 saturated heterocycles. The van der Waals surface area contributed by atoms with E-state index in [0.29, 0.717) is 11.0 Å². The zero-order valence-electron chi connectivity index (χ0n) is 22.3. The molecule has 0 atom stereocenters. The van der Waals surface area contributed by atoms with E-state index in [4.69, 9.17) is 4.98 Å². The highest BCUT2D eigenvalue weighted by Gasteiger charge is 2.17. The van der Waals surface area contributed by atoms with Gasteiger partial charge in [-0.1, -0.05) is 104 Å². The lowest BCUT2D eigenvalue weighted by atomic mass is 9.93. The summed E-state index contributed by atoms with van der Waals surface area (Å²) in [4.78, 5) is 19.0. The summed E-state index contributed by atoms with van der Waals surface area (Å²) in [7, 11) is 0. The van der Waals surface area contributed by atoms with Crippen LogP contribution in [0.25, 0.3) is 72.3 Å². The Bertz CT molecular complexity index is 2490. The highest BCUT2D eigenvalue weighted by atomic mass is 16.1. The van der Waals surface area contributed by atoms with Gasteiger partial charge in [0.25, 0.3) is 5.56 Å². The van der Waals surface area contributed by atoms with Crippen molar-refractivity contribution in [3.05, 3.63) is 155 Å². The second-order valence-corrected chi connectivity index (χ2v) is 10.6. The van der Waals surface area contributed by atoms with Gasteiger partial charge in [-0.25, -0.2) is 4.98 Å². The Balaban J connectivity index is 1.34. The minimum absolute atomic E-state index is 0.103. The molecule has 0 saturated carbocycles. The SMILES string of the molecule is C=C(c1ccc2ccccc2c1)c1cccc2c(=O)n3c(nc4ccc(-c5ccc6ccccc6c5)cc43)c(=C)c12. The predicted octanol–water partition coefficient (Wildman–Crippen LogP) is 8.17. The molecule has 6 aromatic carbocycles. The first kappa shape index (κ1) is 23.4. The van der Waals surface area contributed by atoms with Crippen molar-refractivity contribution >= 4 is 61.1 Å². The molecule has 0 fully saturated rings. The van der Waals surface area contributed by atoms with Crippen LogP contribution in [0.3, 0.4) is 0 Å². The smallest absolute Gasteiger partial charge is 0.264 e. The summed E-state index contributed by atoms with van der Waals surface area (Å²) in [6.45, 7) is 8.91. The van der Waals surface area contributed by atoms with Gasteiger partial charge in [-0.2, -0.15) is 0 Å². The summed E-state index contributed by atoms with van der Waals surface area (Å²) in [6.07, 6.45) is 0. The van der Waals surface area contributed by atoms with Crippen LogP contribution in [0.4, 0.5) is 0 Å². The first-order valence-electron chi connectivity index (χ1n) is 13.6. The van der Waals surface area contributed by atoms with Crippen LogP contribution in [0.1, 0.15) is 11.1 Å². The molecule has 0 unspecified atom stereocenters.